The van der Waals surface area contributed by atoms with Crippen molar-refractivity contribution in [3.05, 3.63) is 172 Å². The second-order valence-corrected chi connectivity index (χ2v) is 16.0. The van der Waals surface area contributed by atoms with E-state index in [4.69, 9.17) is 33.2 Å². The number of benzene rings is 6. The number of hydrogen-bond donors (Lipinski definition) is 4. The molecular formula is C52H50O14. The Balaban J connectivity index is 1.19. The van der Waals surface area contributed by atoms with Gasteiger partial charge >= 0.3 is 17.9 Å². The molecule has 1 heterocycles. The first-order valence-corrected chi connectivity index (χ1v) is 21.2. The summed E-state index contributed by atoms with van der Waals surface area (Å²) < 4.78 is 43.0. The summed E-state index contributed by atoms with van der Waals surface area (Å²) in [5, 5.41) is 41.2. The Morgan fingerprint density at radius 1 is 0.515 bits per heavy atom. The average molecular weight is 899 g/mol. The minimum absolute atomic E-state index is 0.0335. The van der Waals surface area contributed by atoms with Gasteiger partial charge in [-0.2, -0.15) is 0 Å². The molecule has 4 N–H and O–H groups in total. The lowest BCUT2D eigenvalue weighted by molar-refractivity contribution is -0.248. The Labute approximate surface area is 381 Å². The Morgan fingerprint density at radius 2 is 0.909 bits per heavy atom. The van der Waals surface area contributed by atoms with Gasteiger partial charge in [-0.1, -0.05) is 105 Å². The van der Waals surface area contributed by atoms with Gasteiger partial charge in [0.1, 0.15) is 61.6 Å². The van der Waals surface area contributed by atoms with Gasteiger partial charge in [0.15, 0.2) is 11.5 Å². The highest BCUT2D eigenvalue weighted by Crippen LogP contribution is 2.42. The van der Waals surface area contributed by atoms with E-state index in [2.05, 4.69) is 0 Å². The topological polar surface area (TPSA) is 197 Å². The second kappa shape index (κ2) is 20.9. The molecule has 6 aromatic rings. The number of rotatable bonds is 16. The quantitative estimate of drug-likeness (QED) is 0.0530. The van der Waals surface area contributed by atoms with Crippen molar-refractivity contribution in [2.75, 3.05) is 6.61 Å². The number of carbonyl (C=O) groups is 3. The largest absolute Gasteiger partial charge is 0.508 e. The molecule has 0 aromatic heterocycles. The summed E-state index contributed by atoms with van der Waals surface area (Å²) in [7, 11) is 0. The summed E-state index contributed by atoms with van der Waals surface area (Å²) in [5.74, 6) is -4.61. The third-order valence-corrected chi connectivity index (χ3v) is 11.4. The van der Waals surface area contributed by atoms with Crippen LogP contribution in [0.4, 0.5) is 0 Å². The summed E-state index contributed by atoms with van der Waals surface area (Å²) in [6.45, 7) is 6.30. The van der Waals surface area contributed by atoms with Gasteiger partial charge in [-0.25, -0.2) is 14.4 Å². The summed E-state index contributed by atoms with van der Waals surface area (Å²) in [6, 6.07) is 36.0. The van der Waals surface area contributed by atoms with Gasteiger partial charge in [0.05, 0.1) is 16.7 Å². The molecule has 0 bridgehead atoms. The van der Waals surface area contributed by atoms with E-state index in [1.54, 1.807) is 13.8 Å². The highest BCUT2D eigenvalue weighted by atomic mass is 16.7. The third-order valence-electron chi connectivity index (χ3n) is 11.4. The molecule has 0 aliphatic carbocycles. The van der Waals surface area contributed by atoms with Gasteiger partial charge in [-0.15, -0.1) is 0 Å². The lowest BCUT2D eigenvalue weighted by Gasteiger charge is -2.43. The normalized spacial score (nSPS) is 17.8. The number of esters is 3. The van der Waals surface area contributed by atoms with Crippen LogP contribution in [0.3, 0.4) is 0 Å². The molecule has 2 unspecified atom stereocenters. The lowest BCUT2D eigenvalue weighted by Crippen LogP contribution is -2.54. The predicted octanol–water partition coefficient (Wildman–Crippen LogP) is 9.10. The van der Waals surface area contributed by atoms with Crippen molar-refractivity contribution >= 4 is 17.9 Å². The highest BCUT2D eigenvalue weighted by molar-refractivity contribution is 5.92. The van der Waals surface area contributed by atoms with Gasteiger partial charge < -0.3 is 53.6 Å². The van der Waals surface area contributed by atoms with Crippen LogP contribution < -0.4 is 14.2 Å². The average Bonchev–Trinajstić information content (AvgIpc) is 3.32. The first kappa shape index (κ1) is 46.3. The van der Waals surface area contributed by atoms with Crippen molar-refractivity contribution in [3.63, 3.8) is 0 Å². The zero-order valence-electron chi connectivity index (χ0n) is 36.7. The molecule has 0 amide bonds. The Morgan fingerprint density at radius 3 is 1.36 bits per heavy atom. The van der Waals surface area contributed by atoms with E-state index in [0.717, 1.165) is 41.0 Å². The van der Waals surface area contributed by atoms with Crippen LogP contribution in [0, 0.1) is 25.7 Å². The van der Waals surface area contributed by atoms with Crippen LogP contribution in [0.25, 0.3) is 0 Å². The van der Waals surface area contributed by atoms with Gasteiger partial charge in [0, 0.05) is 23.0 Å². The van der Waals surface area contributed by atoms with Crippen molar-refractivity contribution in [2.45, 2.75) is 66.0 Å². The van der Waals surface area contributed by atoms with E-state index in [0.29, 0.717) is 0 Å². The molecule has 1 saturated heterocycles. The first-order chi connectivity index (χ1) is 31.7. The summed E-state index contributed by atoms with van der Waals surface area (Å²) >= 11 is 0. The van der Waals surface area contributed by atoms with Crippen LogP contribution in [0.2, 0.25) is 0 Å². The number of phenolic OH excluding ortho intramolecular Hbond substituents is 4. The number of ether oxygens (including phenoxy) is 7. The summed E-state index contributed by atoms with van der Waals surface area (Å²) in [4.78, 5) is 41.2. The molecule has 14 nitrogen and oxygen atoms in total. The van der Waals surface area contributed by atoms with Crippen molar-refractivity contribution in [1.82, 2.24) is 0 Å². The maximum atomic E-state index is 14.4. The van der Waals surface area contributed by atoms with E-state index in [1.807, 2.05) is 91.0 Å². The Hall–Kier alpha value is -7.71. The Kier molecular flexibility index (Phi) is 14.6. The van der Waals surface area contributed by atoms with E-state index in [-0.39, 0.29) is 87.9 Å². The fraction of sp³-hybridized carbons (Fsp3) is 0.250. The SMILES string of the molecule is Cc1c(O)cc(C(=O)OCC2O[C@@H](OC(=O)c3cc(OCc4ccccc4)c(OCc4ccccc4)c(OCc4ccccc4)c3)C(C)[C@@H](C)[C@@H]2OC(=O)c2cc(O)c(C)c(O)c2)cc1O. The van der Waals surface area contributed by atoms with Crippen LogP contribution in [0.15, 0.2) is 127 Å². The molecule has 0 spiro atoms. The number of hydrogen-bond acceptors (Lipinski definition) is 14. The summed E-state index contributed by atoms with van der Waals surface area (Å²) in [5.41, 5.74) is 2.64. The molecule has 6 aromatic carbocycles. The monoisotopic (exact) mass is 898 g/mol. The van der Waals surface area contributed by atoms with Gasteiger partial charge in [-0.05, 0) is 66.9 Å². The predicted molar refractivity (Wildman–Crippen MR) is 240 cm³/mol. The van der Waals surface area contributed by atoms with Crippen LogP contribution in [-0.2, 0) is 38.8 Å². The standard InChI is InChI=1S/C52H50O14/c1-30-31(2)52(64-46(29-63-49(57)37-20-40(53)32(3)41(54)21-37)47(30)65-50(58)38-22-42(55)33(4)43(56)23-38)66-51(59)39-24-44(60-26-34-14-8-5-9-15-34)48(62-28-36-18-12-7-13-19-36)45(25-39)61-27-35-16-10-6-11-17-35/h5-25,30-31,46-47,52-56H,26-29H2,1-4H3/t30-,31?,46?,47+,52+/m1/s1. The molecule has 14 heteroatoms. The van der Waals surface area contributed by atoms with Gasteiger partial charge in [0.2, 0.25) is 12.0 Å². The second-order valence-electron chi connectivity index (χ2n) is 16.0. The third kappa shape index (κ3) is 11.1. The van der Waals surface area contributed by atoms with Gasteiger partial charge in [0.25, 0.3) is 0 Å². The van der Waals surface area contributed by atoms with Gasteiger partial charge in [-0.3, -0.25) is 0 Å². The van der Waals surface area contributed by atoms with Crippen LogP contribution in [-0.4, -0.2) is 63.4 Å². The van der Waals surface area contributed by atoms with Crippen LogP contribution in [0.5, 0.6) is 40.2 Å². The molecule has 342 valence electrons. The summed E-state index contributed by atoms with van der Waals surface area (Å²) in [6.07, 6.45) is -3.66. The maximum absolute atomic E-state index is 14.4. The lowest BCUT2D eigenvalue weighted by atomic mass is 9.84. The molecule has 7 rings (SSSR count). The van der Waals surface area contributed by atoms with Crippen LogP contribution in [0.1, 0.15) is 72.7 Å². The van der Waals surface area contributed by atoms with E-state index in [9.17, 15) is 34.8 Å². The van der Waals surface area contributed by atoms with E-state index >= 15 is 0 Å². The molecule has 0 radical (unpaired) electrons. The van der Waals surface area contributed by atoms with Crippen molar-refractivity contribution in [2.24, 2.45) is 11.8 Å². The molecule has 1 fully saturated rings. The fourth-order valence-corrected chi connectivity index (χ4v) is 7.17. The van der Waals surface area contributed by atoms with E-state index in [1.165, 1.54) is 26.0 Å². The highest BCUT2D eigenvalue weighted by Gasteiger charge is 2.46. The maximum Gasteiger partial charge on any atom is 0.340 e. The smallest absolute Gasteiger partial charge is 0.340 e. The number of phenols is 4. The zero-order chi connectivity index (χ0) is 46.9. The fourth-order valence-electron chi connectivity index (χ4n) is 7.17. The van der Waals surface area contributed by atoms with Crippen molar-refractivity contribution in [3.8, 4) is 40.2 Å². The van der Waals surface area contributed by atoms with Crippen molar-refractivity contribution in [1.29, 1.82) is 0 Å². The van der Waals surface area contributed by atoms with Crippen LogP contribution >= 0.6 is 0 Å². The minimum Gasteiger partial charge on any atom is -0.508 e. The van der Waals surface area contributed by atoms with Crippen molar-refractivity contribution < 1.29 is 68.0 Å². The molecular weight excluding hydrogens is 849 g/mol. The molecule has 1 aliphatic heterocycles. The Bertz CT molecular complexity index is 2540. The first-order valence-electron chi connectivity index (χ1n) is 21.2. The molecule has 0 saturated carbocycles. The molecule has 5 atom stereocenters. The zero-order valence-corrected chi connectivity index (χ0v) is 36.7. The number of carbonyl (C=O) groups excluding carboxylic acids is 3. The number of aromatic hydroxyl groups is 4. The minimum atomic E-state index is -1.29. The van der Waals surface area contributed by atoms with E-state index < -0.39 is 54.8 Å². The molecule has 1 aliphatic rings. The molecule has 66 heavy (non-hydrogen) atoms.